The molecule has 1 atom stereocenters. The predicted octanol–water partition coefficient (Wildman–Crippen LogP) is 2.00. The summed E-state index contributed by atoms with van der Waals surface area (Å²) in [6, 6.07) is 5.35. The smallest absolute Gasteiger partial charge is 0.408 e. The molecule has 0 aliphatic rings. The number of ether oxygens (including phenoxy) is 1. The van der Waals surface area contributed by atoms with Gasteiger partial charge in [0.05, 0.1) is 11.7 Å². The topological polar surface area (TPSA) is 77.2 Å². The van der Waals surface area contributed by atoms with E-state index in [1.165, 1.54) is 0 Å². The van der Waals surface area contributed by atoms with E-state index in [1.54, 1.807) is 6.20 Å². The molecule has 1 rings (SSSR count). The van der Waals surface area contributed by atoms with Crippen LogP contribution in [0.1, 0.15) is 38.9 Å². The van der Waals surface area contributed by atoms with Crippen molar-refractivity contribution in [3.63, 3.8) is 0 Å². The minimum absolute atomic E-state index is 0.217. The number of nitrogens with one attached hydrogen (secondary N) is 1. The molecule has 1 aromatic rings. The summed E-state index contributed by atoms with van der Waals surface area (Å²) in [5, 5.41) is 2.79. The molecule has 1 aromatic heterocycles. The third kappa shape index (κ3) is 5.14. The number of hydrogen-bond donors (Lipinski definition) is 2. The van der Waals surface area contributed by atoms with Crippen LogP contribution < -0.4 is 11.1 Å². The van der Waals surface area contributed by atoms with E-state index < -0.39 is 11.7 Å². The Morgan fingerprint density at radius 1 is 1.50 bits per heavy atom. The molecular weight excluding hydrogens is 230 g/mol. The molecule has 0 aliphatic heterocycles. The number of pyridine rings is 1. The molecule has 5 nitrogen and oxygen atoms in total. The van der Waals surface area contributed by atoms with Crippen LogP contribution in [0.15, 0.2) is 24.4 Å². The lowest BCUT2D eigenvalue weighted by molar-refractivity contribution is 0.0500. The first-order valence-electron chi connectivity index (χ1n) is 6.03. The molecule has 1 unspecified atom stereocenters. The van der Waals surface area contributed by atoms with Gasteiger partial charge in [-0.25, -0.2) is 4.79 Å². The maximum atomic E-state index is 11.7. The van der Waals surface area contributed by atoms with Gasteiger partial charge in [-0.3, -0.25) is 4.98 Å². The molecule has 0 aromatic carbocycles. The summed E-state index contributed by atoms with van der Waals surface area (Å²) < 4.78 is 5.22. The zero-order chi connectivity index (χ0) is 13.6. The zero-order valence-electron chi connectivity index (χ0n) is 11.1. The second kappa shape index (κ2) is 6.35. The second-order valence-corrected chi connectivity index (χ2v) is 5.03. The molecule has 18 heavy (non-hydrogen) atoms. The van der Waals surface area contributed by atoms with Gasteiger partial charge in [-0.05, 0) is 45.9 Å². The average molecular weight is 251 g/mol. The Bertz CT molecular complexity index is 374. The number of rotatable bonds is 4. The van der Waals surface area contributed by atoms with Gasteiger partial charge in [-0.2, -0.15) is 0 Å². The first-order chi connectivity index (χ1) is 8.42. The number of carbonyl (C=O) groups is 1. The molecule has 1 amide bonds. The molecule has 0 radical (unpaired) electrons. The van der Waals surface area contributed by atoms with Crippen molar-refractivity contribution >= 4 is 6.09 Å². The van der Waals surface area contributed by atoms with Crippen LogP contribution in [0.2, 0.25) is 0 Å². The molecule has 5 heteroatoms. The summed E-state index contributed by atoms with van der Waals surface area (Å²) in [6.07, 6.45) is 1.86. The Hall–Kier alpha value is -1.62. The molecule has 0 saturated heterocycles. The van der Waals surface area contributed by atoms with Crippen LogP contribution in [0, 0.1) is 0 Å². The molecule has 0 bridgehead atoms. The summed E-state index contributed by atoms with van der Waals surface area (Å²) in [5.74, 6) is 0. The van der Waals surface area contributed by atoms with E-state index in [1.807, 2.05) is 39.0 Å². The van der Waals surface area contributed by atoms with Gasteiger partial charge >= 0.3 is 6.09 Å². The highest BCUT2D eigenvalue weighted by Gasteiger charge is 2.20. The van der Waals surface area contributed by atoms with Gasteiger partial charge in [0, 0.05) is 6.20 Å². The number of aromatic nitrogens is 1. The van der Waals surface area contributed by atoms with E-state index in [0.29, 0.717) is 13.0 Å². The van der Waals surface area contributed by atoms with Crippen LogP contribution in [-0.4, -0.2) is 23.2 Å². The zero-order valence-corrected chi connectivity index (χ0v) is 11.1. The third-order valence-electron chi connectivity index (χ3n) is 2.19. The van der Waals surface area contributed by atoms with Crippen LogP contribution in [0.25, 0.3) is 0 Å². The van der Waals surface area contributed by atoms with Gasteiger partial charge in [0.1, 0.15) is 5.60 Å². The number of alkyl carbamates (subject to hydrolysis) is 1. The number of nitrogens with zero attached hydrogens (tertiary/aromatic N) is 1. The highest BCUT2D eigenvalue weighted by Crippen LogP contribution is 2.15. The Balaban J connectivity index is 2.67. The summed E-state index contributed by atoms with van der Waals surface area (Å²) in [7, 11) is 0. The predicted molar refractivity (Wildman–Crippen MR) is 70.0 cm³/mol. The Labute approximate surface area is 108 Å². The summed E-state index contributed by atoms with van der Waals surface area (Å²) in [6.45, 7) is 5.94. The first-order valence-corrected chi connectivity index (χ1v) is 6.03. The van der Waals surface area contributed by atoms with Crippen molar-refractivity contribution in [1.82, 2.24) is 10.3 Å². The number of amides is 1. The fourth-order valence-electron chi connectivity index (χ4n) is 1.49. The van der Waals surface area contributed by atoms with Gasteiger partial charge in [0.25, 0.3) is 0 Å². The molecule has 0 fully saturated rings. The first kappa shape index (κ1) is 14.4. The van der Waals surface area contributed by atoms with E-state index in [0.717, 1.165) is 5.69 Å². The van der Waals surface area contributed by atoms with E-state index in [4.69, 9.17) is 10.5 Å². The van der Waals surface area contributed by atoms with Gasteiger partial charge < -0.3 is 15.8 Å². The SMILES string of the molecule is CC(C)(C)OC(=O)NC(CCN)c1ccccn1. The monoisotopic (exact) mass is 251 g/mol. The van der Waals surface area contributed by atoms with Gasteiger partial charge in [0.15, 0.2) is 0 Å². The summed E-state index contributed by atoms with van der Waals surface area (Å²) in [5.41, 5.74) is 5.82. The van der Waals surface area contributed by atoms with Crippen LogP contribution >= 0.6 is 0 Å². The largest absolute Gasteiger partial charge is 0.444 e. The molecular formula is C13H21N3O2. The molecule has 0 spiro atoms. The maximum Gasteiger partial charge on any atom is 0.408 e. The van der Waals surface area contributed by atoms with Crippen molar-refractivity contribution in [3.8, 4) is 0 Å². The lowest BCUT2D eigenvalue weighted by Crippen LogP contribution is -2.36. The lowest BCUT2D eigenvalue weighted by Gasteiger charge is -2.23. The van der Waals surface area contributed by atoms with Gasteiger partial charge in [0.2, 0.25) is 0 Å². The number of nitrogens with two attached hydrogens (primary N) is 1. The van der Waals surface area contributed by atoms with Gasteiger partial charge in [-0.15, -0.1) is 0 Å². The minimum Gasteiger partial charge on any atom is -0.444 e. The van der Waals surface area contributed by atoms with Crippen LogP contribution in [-0.2, 0) is 4.74 Å². The van der Waals surface area contributed by atoms with E-state index in [9.17, 15) is 4.79 Å². The van der Waals surface area contributed by atoms with E-state index >= 15 is 0 Å². The highest BCUT2D eigenvalue weighted by molar-refractivity contribution is 5.68. The molecule has 3 N–H and O–H groups in total. The molecule has 100 valence electrons. The standard InChI is InChI=1S/C13H21N3O2/c1-13(2,3)18-12(17)16-11(7-8-14)10-6-4-5-9-15-10/h4-6,9,11H,7-8,14H2,1-3H3,(H,16,17). The van der Waals surface area contributed by atoms with Crippen molar-refractivity contribution < 1.29 is 9.53 Å². The Morgan fingerprint density at radius 2 is 2.22 bits per heavy atom. The second-order valence-electron chi connectivity index (χ2n) is 5.03. The van der Waals surface area contributed by atoms with Crippen molar-refractivity contribution in [2.75, 3.05) is 6.54 Å². The number of hydrogen-bond acceptors (Lipinski definition) is 4. The maximum absolute atomic E-state index is 11.7. The van der Waals surface area contributed by atoms with Gasteiger partial charge in [-0.1, -0.05) is 6.07 Å². The summed E-state index contributed by atoms with van der Waals surface area (Å²) in [4.78, 5) is 15.9. The fraction of sp³-hybridized carbons (Fsp3) is 0.538. The normalized spacial score (nSPS) is 12.9. The quantitative estimate of drug-likeness (QED) is 0.858. The average Bonchev–Trinajstić information content (AvgIpc) is 2.27. The number of carbonyl (C=O) groups excluding carboxylic acids is 1. The summed E-state index contributed by atoms with van der Waals surface area (Å²) >= 11 is 0. The van der Waals surface area contributed by atoms with E-state index in [-0.39, 0.29) is 6.04 Å². The highest BCUT2D eigenvalue weighted by atomic mass is 16.6. The lowest BCUT2D eigenvalue weighted by atomic mass is 10.1. The van der Waals surface area contributed by atoms with Crippen LogP contribution in [0.3, 0.4) is 0 Å². The van der Waals surface area contributed by atoms with Crippen LogP contribution in [0.4, 0.5) is 4.79 Å². The fourth-order valence-corrected chi connectivity index (χ4v) is 1.49. The Kier molecular flexibility index (Phi) is 5.09. The van der Waals surface area contributed by atoms with Crippen molar-refractivity contribution in [2.45, 2.75) is 38.8 Å². The molecule has 1 heterocycles. The van der Waals surface area contributed by atoms with E-state index in [2.05, 4.69) is 10.3 Å². The Morgan fingerprint density at radius 3 is 2.72 bits per heavy atom. The van der Waals surface area contributed by atoms with Crippen molar-refractivity contribution in [3.05, 3.63) is 30.1 Å². The third-order valence-corrected chi connectivity index (χ3v) is 2.19. The van der Waals surface area contributed by atoms with Crippen molar-refractivity contribution in [1.29, 1.82) is 0 Å². The minimum atomic E-state index is -0.512. The molecule has 0 saturated carbocycles. The van der Waals surface area contributed by atoms with Crippen molar-refractivity contribution in [2.24, 2.45) is 5.73 Å². The van der Waals surface area contributed by atoms with Crippen LogP contribution in [0.5, 0.6) is 0 Å². The molecule has 0 aliphatic carbocycles.